The van der Waals surface area contributed by atoms with E-state index >= 15 is 0 Å². The summed E-state index contributed by atoms with van der Waals surface area (Å²) in [5, 5.41) is 0. The monoisotopic (exact) mass is 354 g/mol. The maximum Gasteiger partial charge on any atom is 0.132 e. The highest BCUT2D eigenvalue weighted by Crippen LogP contribution is 2.39. The molecule has 0 radical (unpaired) electrons. The van der Waals surface area contributed by atoms with E-state index in [0.29, 0.717) is 5.92 Å². The van der Waals surface area contributed by atoms with E-state index < -0.39 is 0 Å². The van der Waals surface area contributed by atoms with Gasteiger partial charge < -0.3 is 14.4 Å². The van der Waals surface area contributed by atoms with E-state index in [1.165, 1.54) is 24.1 Å². The molecule has 0 N–H and O–H groups in total. The van der Waals surface area contributed by atoms with Crippen LogP contribution in [0.25, 0.3) is 0 Å². The molecular weight excluding hydrogens is 328 g/mol. The number of hydrogen-bond donors (Lipinski definition) is 0. The summed E-state index contributed by atoms with van der Waals surface area (Å²) in [6, 6.07) is 8.16. The molecule has 2 heterocycles. The number of benzene rings is 1. The molecule has 2 aromatic rings. The zero-order valence-electron chi connectivity index (χ0n) is 15.5. The second kappa shape index (κ2) is 7.50. The highest BCUT2D eigenvalue weighted by molar-refractivity contribution is 5.42. The van der Waals surface area contributed by atoms with Gasteiger partial charge in [0.1, 0.15) is 23.6 Å². The highest BCUT2D eigenvalue weighted by Gasteiger charge is 2.26. The number of aromatic nitrogens is 2. The molecule has 2 fully saturated rings. The summed E-state index contributed by atoms with van der Waals surface area (Å²) in [6.45, 7) is 4.83. The van der Waals surface area contributed by atoms with Crippen molar-refractivity contribution in [2.45, 2.75) is 25.3 Å². The van der Waals surface area contributed by atoms with Crippen LogP contribution in [-0.4, -0.2) is 55.3 Å². The molecule has 1 saturated heterocycles. The van der Waals surface area contributed by atoms with Crippen LogP contribution >= 0.6 is 0 Å². The van der Waals surface area contributed by atoms with Crippen LogP contribution in [0.5, 0.6) is 11.5 Å². The maximum absolute atomic E-state index is 5.51. The van der Waals surface area contributed by atoms with Crippen molar-refractivity contribution in [3.8, 4) is 11.5 Å². The Hall–Kier alpha value is -2.34. The molecule has 1 aliphatic heterocycles. The molecule has 0 amide bonds. The van der Waals surface area contributed by atoms with Crippen molar-refractivity contribution >= 4 is 5.82 Å². The van der Waals surface area contributed by atoms with E-state index in [-0.39, 0.29) is 0 Å². The van der Waals surface area contributed by atoms with Crippen molar-refractivity contribution < 1.29 is 9.47 Å². The topological polar surface area (TPSA) is 50.7 Å². The third-order valence-electron chi connectivity index (χ3n) is 5.25. The van der Waals surface area contributed by atoms with Gasteiger partial charge in [0.05, 0.1) is 14.2 Å². The van der Waals surface area contributed by atoms with Crippen LogP contribution in [0, 0.1) is 0 Å². The zero-order valence-corrected chi connectivity index (χ0v) is 15.5. The average molecular weight is 354 g/mol. The Morgan fingerprint density at radius 3 is 2.50 bits per heavy atom. The predicted octanol–water partition coefficient (Wildman–Crippen LogP) is 2.69. The summed E-state index contributed by atoms with van der Waals surface area (Å²) in [5.41, 5.74) is 2.37. The molecule has 1 aliphatic carbocycles. The van der Waals surface area contributed by atoms with Crippen molar-refractivity contribution in [3.05, 3.63) is 41.9 Å². The van der Waals surface area contributed by atoms with E-state index in [4.69, 9.17) is 9.47 Å². The van der Waals surface area contributed by atoms with Crippen LogP contribution in [-0.2, 0) is 6.54 Å². The van der Waals surface area contributed by atoms with Gasteiger partial charge in [-0.15, -0.1) is 0 Å². The number of ether oxygens (including phenoxy) is 2. The summed E-state index contributed by atoms with van der Waals surface area (Å²) in [6.07, 6.45) is 4.26. The van der Waals surface area contributed by atoms with E-state index in [9.17, 15) is 0 Å². The lowest BCUT2D eigenvalue weighted by Gasteiger charge is -2.35. The summed E-state index contributed by atoms with van der Waals surface area (Å²) in [5.74, 6) is 3.52. The molecule has 26 heavy (non-hydrogen) atoms. The van der Waals surface area contributed by atoms with E-state index in [1.807, 2.05) is 12.1 Å². The fourth-order valence-corrected chi connectivity index (χ4v) is 3.52. The smallest absolute Gasteiger partial charge is 0.132 e. The molecule has 1 aromatic heterocycles. The number of nitrogens with zero attached hydrogens (tertiary/aromatic N) is 4. The molecule has 1 aromatic carbocycles. The summed E-state index contributed by atoms with van der Waals surface area (Å²) < 4.78 is 10.9. The molecule has 2 aliphatic rings. The van der Waals surface area contributed by atoms with Crippen LogP contribution < -0.4 is 14.4 Å². The lowest BCUT2D eigenvalue weighted by atomic mass is 10.1. The fraction of sp³-hybridized carbons (Fsp3) is 0.500. The van der Waals surface area contributed by atoms with Gasteiger partial charge in [0.2, 0.25) is 0 Å². The molecule has 1 saturated carbocycles. The Labute approximate surface area is 154 Å². The fourth-order valence-electron chi connectivity index (χ4n) is 3.52. The quantitative estimate of drug-likeness (QED) is 0.795. The van der Waals surface area contributed by atoms with Crippen molar-refractivity contribution in [1.29, 1.82) is 0 Å². The normalized spacial score (nSPS) is 18.0. The van der Waals surface area contributed by atoms with E-state index in [2.05, 4.69) is 31.9 Å². The average Bonchev–Trinajstić information content (AvgIpc) is 3.54. The Balaban J connectivity index is 1.39. The van der Waals surface area contributed by atoms with Crippen LogP contribution in [0.4, 0.5) is 5.82 Å². The first kappa shape index (κ1) is 17.1. The number of hydrogen-bond acceptors (Lipinski definition) is 6. The molecule has 0 unspecified atom stereocenters. The largest absolute Gasteiger partial charge is 0.497 e. The number of rotatable bonds is 6. The molecule has 6 heteroatoms. The first-order valence-corrected chi connectivity index (χ1v) is 9.27. The third kappa shape index (κ3) is 3.75. The molecule has 138 valence electrons. The SMILES string of the molecule is COc1ccc(OC)c(CN2CCN(c3cc(C4CC4)ncn3)CC2)c1. The lowest BCUT2D eigenvalue weighted by Crippen LogP contribution is -2.46. The second-order valence-electron chi connectivity index (χ2n) is 7.02. The number of methoxy groups -OCH3 is 2. The first-order valence-electron chi connectivity index (χ1n) is 9.27. The molecule has 0 atom stereocenters. The molecular formula is C20H26N4O2. The van der Waals surface area contributed by atoms with Gasteiger partial charge in [0.15, 0.2) is 0 Å². The van der Waals surface area contributed by atoms with Crippen molar-refractivity contribution in [2.75, 3.05) is 45.3 Å². The van der Waals surface area contributed by atoms with Gasteiger partial charge in [0.25, 0.3) is 0 Å². The lowest BCUT2D eigenvalue weighted by molar-refractivity contribution is 0.245. The number of piperazine rings is 1. The highest BCUT2D eigenvalue weighted by atomic mass is 16.5. The molecule has 6 nitrogen and oxygen atoms in total. The van der Waals surface area contributed by atoms with Gasteiger partial charge >= 0.3 is 0 Å². The van der Waals surface area contributed by atoms with Gasteiger partial charge in [-0.05, 0) is 31.0 Å². The van der Waals surface area contributed by atoms with E-state index in [1.54, 1.807) is 20.5 Å². The molecule has 4 rings (SSSR count). The van der Waals surface area contributed by atoms with Crippen molar-refractivity contribution in [2.24, 2.45) is 0 Å². The van der Waals surface area contributed by atoms with Gasteiger partial charge in [-0.2, -0.15) is 0 Å². The Kier molecular flexibility index (Phi) is 4.93. The van der Waals surface area contributed by atoms with Gasteiger partial charge in [-0.25, -0.2) is 9.97 Å². The minimum absolute atomic E-state index is 0.665. The Morgan fingerprint density at radius 1 is 1.00 bits per heavy atom. The predicted molar refractivity (Wildman–Crippen MR) is 101 cm³/mol. The summed E-state index contributed by atoms with van der Waals surface area (Å²) in [7, 11) is 3.41. The van der Waals surface area contributed by atoms with Gasteiger partial charge in [-0.3, -0.25) is 4.90 Å². The standard InChI is InChI=1S/C20H26N4O2/c1-25-17-5-6-19(26-2)16(11-17)13-23-7-9-24(10-8-23)20-12-18(15-3-4-15)21-14-22-20/h5-6,11-12,14-15H,3-4,7-10,13H2,1-2H3. The van der Waals surface area contributed by atoms with Crippen molar-refractivity contribution in [1.82, 2.24) is 14.9 Å². The number of anilines is 1. The maximum atomic E-state index is 5.51. The third-order valence-corrected chi connectivity index (χ3v) is 5.25. The summed E-state index contributed by atoms with van der Waals surface area (Å²) in [4.78, 5) is 13.7. The van der Waals surface area contributed by atoms with E-state index in [0.717, 1.165) is 50.0 Å². The summed E-state index contributed by atoms with van der Waals surface area (Å²) >= 11 is 0. The first-order chi connectivity index (χ1) is 12.8. The minimum atomic E-state index is 0.665. The van der Waals surface area contributed by atoms with Gasteiger partial charge in [0, 0.05) is 56.0 Å². The Bertz CT molecular complexity index is 755. The van der Waals surface area contributed by atoms with Crippen molar-refractivity contribution in [3.63, 3.8) is 0 Å². The molecule has 0 spiro atoms. The van der Waals surface area contributed by atoms with Crippen LogP contribution in [0.15, 0.2) is 30.6 Å². The second-order valence-corrected chi connectivity index (χ2v) is 7.02. The Morgan fingerprint density at radius 2 is 1.81 bits per heavy atom. The van der Waals surface area contributed by atoms with Crippen LogP contribution in [0.3, 0.4) is 0 Å². The van der Waals surface area contributed by atoms with Crippen LogP contribution in [0.1, 0.15) is 30.0 Å². The molecule has 0 bridgehead atoms. The zero-order chi connectivity index (χ0) is 17.9. The minimum Gasteiger partial charge on any atom is -0.497 e. The van der Waals surface area contributed by atoms with Crippen LogP contribution in [0.2, 0.25) is 0 Å². The van der Waals surface area contributed by atoms with Gasteiger partial charge in [-0.1, -0.05) is 0 Å².